The molecule has 0 spiro atoms. The number of sulfonamides is 1. The molecule has 0 bridgehead atoms. The Bertz CT molecular complexity index is 699. The molecule has 0 saturated carbocycles. The van der Waals surface area contributed by atoms with Crippen molar-refractivity contribution in [3.63, 3.8) is 0 Å². The van der Waals surface area contributed by atoms with E-state index < -0.39 is 19.9 Å². The van der Waals surface area contributed by atoms with Crippen molar-refractivity contribution in [1.29, 1.82) is 0 Å². The molecule has 1 aliphatic rings. The molecule has 21 heavy (non-hydrogen) atoms. The molecule has 8 heteroatoms. The van der Waals surface area contributed by atoms with Gasteiger partial charge in [-0.05, 0) is 31.4 Å². The van der Waals surface area contributed by atoms with Gasteiger partial charge in [-0.3, -0.25) is 0 Å². The smallest absolute Gasteiger partial charge is 0.242 e. The summed E-state index contributed by atoms with van der Waals surface area (Å²) in [7, 11) is -6.64. The van der Waals surface area contributed by atoms with Crippen LogP contribution in [-0.2, 0) is 19.9 Å². The zero-order valence-corrected chi connectivity index (χ0v) is 13.5. The number of anilines is 1. The fourth-order valence-electron chi connectivity index (χ4n) is 2.38. The van der Waals surface area contributed by atoms with E-state index in [1.54, 1.807) is 18.2 Å². The van der Waals surface area contributed by atoms with Crippen LogP contribution in [0.2, 0.25) is 0 Å². The van der Waals surface area contributed by atoms with E-state index in [9.17, 15) is 16.8 Å². The van der Waals surface area contributed by atoms with Gasteiger partial charge in [0.25, 0.3) is 0 Å². The zero-order chi connectivity index (χ0) is 15.5. The minimum Gasteiger partial charge on any atom is -0.384 e. The van der Waals surface area contributed by atoms with Gasteiger partial charge in [-0.25, -0.2) is 21.6 Å². The van der Waals surface area contributed by atoms with Crippen LogP contribution < -0.4 is 10.0 Å². The fourth-order valence-corrected chi connectivity index (χ4v) is 5.54. The van der Waals surface area contributed by atoms with Gasteiger partial charge < -0.3 is 5.32 Å². The first-order valence-corrected chi connectivity index (χ1v) is 10.2. The molecule has 2 N–H and O–H groups in total. The van der Waals surface area contributed by atoms with Crippen molar-refractivity contribution >= 4 is 25.5 Å². The predicted molar refractivity (Wildman–Crippen MR) is 82.6 cm³/mol. The number of hydrogen-bond donors (Lipinski definition) is 2. The summed E-state index contributed by atoms with van der Waals surface area (Å²) in [5, 5.41) is 3.01. The lowest BCUT2D eigenvalue weighted by Gasteiger charge is -2.14. The maximum absolute atomic E-state index is 12.3. The highest BCUT2D eigenvalue weighted by Crippen LogP contribution is 2.22. The van der Waals surface area contributed by atoms with E-state index in [1.165, 1.54) is 6.07 Å². The molecule has 1 unspecified atom stereocenters. The minimum absolute atomic E-state index is 0.0599. The van der Waals surface area contributed by atoms with Crippen LogP contribution in [0.1, 0.15) is 13.3 Å². The molecule has 1 fully saturated rings. The molecule has 0 radical (unpaired) electrons. The maximum atomic E-state index is 12.3. The molecule has 1 heterocycles. The van der Waals surface area contributed by atoms with Gasteiger partial charge in [0.2, 0.25) is 10.0 Å². The van der Waals surface area contributed by atoms with Crippen LogP contribution in [0.3, 0.4) is 0 Å². The van der Waals surface area contributed by atoms with Crippen LogP contribution in [-0.4, -0.2) is 41.4 Å². The molecule has 0 amide bonds. The third-order valence-corrected chi connectivity index (χ3v) is 6.75. The van der Waals surface area contributed by atoms with E-state index in [1.807, 2.05) is 6.92 Å². The van der Waals surface area contributed by atoms with Gasteiger partial charge in [0.1, 0.15) is 4.90 Å². The third kappa shape index (κ3) is 4.18. The van der Waals surface area contributed by atoms with Gasteiger partial charge >= 0.3 is 0 Å². The topological polar surface area (TPSA) is 92.3 Å². The zero-order valence-electron chi connectivity index (χ0n) is 11.9. The molecule has 118 valence electrons. The van der Waals surface area contributed by atoms with Crippen LogP contribution >= 0.6 is 0 Å². The second-order valence-corrected chi connectivity index (χ2v) is 9.11. The van der Waals surface area contributed by atoms with E-state index in [2.05, 4.69) is 10.0 Å². The van der Waals surface area contributed by atoms with Gasteiger partial charge in [0, 0.05) is 13.1 Å². The fraction of sp³-hybridized carbons (Fsp3) is 0.538. The Morgan fingerprint density at radius 2 is 2.00 bits per heavy atom. The van der Waals surface area contributed by atoms with Crippen molar-refractivity contribution in [2.75, 3.05) is 29.9 Å². The second-order valence-electron chi connectivity index (χ2n) is 5.15. The van der Waals surface area contributed by atoms with E-state index >= 15 is 0 Å². The molecule has 2 rings (SSSR count). The Balaban J connectivity index is 2.09. The highest BCUT2D eigenvalue weighted by molar-refractivity contribution is 7.91. The number of para-hydroxylation sites is 1. The largest absolute Gasteiger partial charge is 0.384 e. The molecule has 1 aliphatic heterocycles. The summed E-state index contributed by atoms with van der Waals surface area (Å²) in [6.07, 6.45) is 0.514. The van der Waals surface area contributed by atoms with Crippen molar-refractivity contribution < 1.29 is 16.8 Å². The molecule has 0 aliphatic carbocycles. The van der Waals surface area contributed by atoms with E-state index in [0.29, 0.717) is 18.7 Å². The van der Waals surface area contributed by atoms with E-state index in [0.717, 1.165) is 0 Å². The molecule has 1 aromatic carbocycles. The first-order chi connectivity index (χ1) is 9.84. The van der Waals surface area contributed by atoms with Crippen LogP contribution in [0.15, 0.2) is 29.2 Å². The quantitative estimate of drug-likeness (QED) is 0.805. The van der Waals surface area contributed by atoms with Crippen molar-refractivity contribution in [3.8, 4) is 0 Å². The van der Waals surface area contributed by atoms with Gasteiger partial charge in [-0.1, -0.05) is 12.1 Å². The van der Waals surface area contributed by atoms with Crippen molar-refractivity contribution in [2.24, 2.45) is 5.92 Å². The van der Waals surface area contributed by atoms with Gasteiger partial charge in [0.15, 0.2) is 9.84 Å². The van der Waals surface area contributed by atoms with Crippen molar-refractivity contribution in [3.05, 3.63) is 24.3 Å². The van der Waals surface area contributed by atoms with Crippen LogP contribution in [0, 0.1) is 5.92 Å². The van der Waals surface area contributed by atoms with Crippen LogP contribution in [0.5, 0.6) is 0 Å². The predicted octanol–water partition coefficient (Wildman–Crippen LogP) is 0.831. The van der Waals surface area contributed by atoms with Gasteiger partial charge in [-0.2, -0.15) is 0 Å². The standard InChI is InChI=1S/C13H20N2O4S2/c1-2-14-12-5-3-4-6-13(12)21(18,19)15-9-11-7-8-20(16,17)10-11/h3-6,11,14-15H,2,7-10H2,1H3. The summed E-state index contributed by atoms with van der Waals surface area (Å²) >= 11 is 0. The molecular weight excluding hydrogens is 312 g/mol. The van der Waals surface area contributed by atoms with E-state index in [4.69, 9.17) is 0 Å². The highest BCUT2D eigenvalue weighted by atomic mass is 32.2. The van der Waals surface area contributed by atoms with Gasteiger partial charge in [-0.15, -0.1) is 0 Å². The van der Waals surface area contributed by atoms with Gasteiger partial charge in [0.05, 0.1) is 17.2 Å². The third-order valence-electron chi connectivity index (χ3n) is 3.43. The summed E-state index contributed by atoms with van der Waals surface area (Å²) in [6, 6.07) is 6.67. The average molecular weight is 332 g/mol. The maximum Gasteiger partial charge on any atom is 0.242 e. The van der Waals surface area contributed by atoms with Crippen LogP contribution in [0.4, 0.5) is 5.69 Å². The monoisotopic (exact) mass is 332 g/mol. The molecule has 6 nitrogen and oxygen atoms in total. The van der Waals surface area contributed by atoms with Crippen molar-refractivity contribution in [1.82, 2.24) is 4.72 Å². The number of hydrogen-bond acceptors (Lipinski definition) is 5. The Kier molecular flexibility index (Phi) is 4.90. The lowest BCUT2D eigenvalue weighted by atomic mass is 10.1. The number of rotatable bonds is 6. The molecule has 1 saturated heterocycles. The van der Waals surface area contributed by atoms with E-state index in [-0.39, 0.29) is 28.9 Å². The normalized spacial score (nSPS) is 21.3. The summed E-state index contributed by atoms with van der Waals surface area (Å²) in [5.41, 5.74) is 0.548. The number of nitrogens with one attached hydrogen (secondary N) is 2. The van der Waals surface area contributed by atoms with Crippen LogP contribution in [0.25, 0.3) is 0 Å². The summed E-state index contributed by atoms with van der Waals surface area (Å²) in [5.74, 6) is 0.0636. The SMILES string of the molecule is CCNc1ccccc1S(=O)(=O)NCC1CCS(=O)(=O)C1. The van der Waals surface area contributed by atoms with Crippen molar-refractivity contribution in [2.45, 2.75) is 18.2 Å². The number of benzene rings is 1. The Morgan fingerprint density at radius 1 is 1.29 bits per heavy atom. The number of sulfone groups is 1. The molecule has 0 aromatic heterocycles. The average Bonchev–Trinajstić information content (AvgIpc) is 2.77. The summed E-state index contributed by atoms with van der Waals surface area (Å²) in [6.45, 7) is 2.66. The lowest BCUT2D eigenvalue weighted by molar-refractivity contribution is 0.543. The highest BCUT2D eigenvalue weighted by Gasteiger charge is 2.29. The Labute approximate surface area is 125 Å². The lowest BCUT2D eigenvalue weighted by Crippen LogP contribution is -2.30. The second kappa shape index (κ2) is 6.33. The minimum atomic E-state index is -3.65. The summed E-state index contributed by atoms with van der Waals surface area (Å²) < 4.78 is 50.0. The molecule has 1 atom stereocenters. The molecular formula is C13H20N2O4S2. The summed E-state index contributed by atoms with van der Waals surface area (Å²) in [4.78, 5) is 0.188. The molecule has 1 aromatic rings. The Hall–Kier alpha value is -1.12. The first kappa shape index (κ1) is 16.3. The Morgan fingerprint density at radius 3 is 2.62 bits per heavy atom. The first-order valence-electron chi connectivity index (χ1n) is 6.87.